The third kappa shape index (κ3) is 3.19. The van der Waals surface area contributed by atoms with E-state index in [9.17, 15) is 4.57 Å². The zero-order valence-corrected chi connectivity index (χ0v) is 18.1. The minimum absolute atomic E-state index is 0.295. The summed E-state index contributed by atoms with van der Waals surface area (Å²) in [5, 5.41) is 2.12. The number of rotatable bonds is 4. The zero-order chi connectivity index (χ0) is 20.3. The van der Waals surface area contributed by atoms with Crippen molar-refractivity contribution in [3.8, 4) is 5.75 Å². The van der Waals surface area contributed by atoms with E-state index in [0.717, 1.165) is 33.9 Å². The first-order valence-electron chi connectivity index (χ1n) is 11.0. The second kappa shape index (κ2) is 7.12. The van der Waals surface area contributed by atoms with Crippen LogP contribution in [0.4, 0.5) is 0 Å². The molecule has 2 aromatic rings. The van der Waals surface area contributed by atoms with Crippen molar-refractivity contribution in [1.29, 1.82) is 0 Å². The van der Waals surface area contributed by atoms with Crippen LogP contribution in [0.25, 0.3) is 16.5 Å². The molecular weight excluding hydrogens is 399 g/mol. The molecule has 1 heterocycles. The van der Waals surface area contributed by atoms with Gasteiger partial charge < -0.3 is 9.26 Å². The average Bonchev–Trinajstić information content (AvgIpc) is 3.15. The molecule has 0 spiro atoms. The molecule has 158 valence electrons. The van der Waals surface area contributed by atoms with Crippen molar-refractivity contribution in [3.63, 3.8) is 0 Å². The Morgan fingerprint density at radius 2 is 1.57 bits per heavy atom. The lowest BCUT2D eigenvalue weighted by Crippen LogP contribution is -2.40. The maximum Gasteiger partial charge on any atom is 0.530 e. The van der Waals surface area contributed by atoms with Crippen molar-refractivity contribution in [3.05, 3.63) is 47.5 Å². The molecular formula is C24H27O5P. The van der Waals surface area contributed by atoms with Crippen LogP contribution in [-0.4, -0.2) is 20.3 Å². The number of benzene rings is 2. The van der Waals surface area contributed by atoms with E-state index >= 15 is 0 Å². The van der Waals surface area contributed by atoms with Crippen LogP contribution in [0.2, 0.25) is 0 Å². The molecule has 0 amide bonds. The Hall–Kier alpha value is -1.81. The molecule has 1 saturated heterocycles. The van der Waals surface area contributed by atoms with Crippen LogP contribution in [-0.2, 0) is 18.3 Å². The van der Waals surface area contributed by atoms with Crippen molar-refractivity contribution in [2.24, 2.45) is 23.7 Å². The quantitative estimate of drug-likeness (QED) is 0.431. The smallest absolute Gasteiger partial charge is 0.496 e. The third-order valence-corrected chi connectivity index (χ3v) is 8.79. The van der Waals surface area contributed by atoms with Gasteiger partial charge in [-0.1, -0.05) is 18.2 Å². The van der Waals surface area contributed by atoms with E-state index < -0.39 is 7.82 Å². The van der Waals surface area contributed by atoms with Crippen LogP contribution in [0.5, 0.6) is 5.75 Å². The molecule has 2 aromatic carbocycles. The Labute approximate surface area is 177 Å². The van der Waals surface area contributed by atoms with Gasteiger partial charge in [0.2, 0.25) is 0 Å². The van der Waals surface area contributed by atoms with Crippen LogP contribution in [0.3, 0.4) is 0 Å². The lowest BCUT2D eigenvalue weighted by Gasteiger charge is -2.51. The molecule has 0 radical (unpaired) electrons. The highest BCUT2D eigenvalue weighted by atomic mass is 31.2. The number of hydrogen-bond donors (Lipinski definition) is 0. The molecule has 30 heavy (non-hydrogen) atoms. The molecule has 1 aliphatic heterocycles. The second-order valence-electron chi connectivity index (χ2n) is 9.22. The predicted octanol–water partition coefficient (Wildman–Crippen LogP) is 6.19. The number of hydrogen-bond acceptors (Lipinski definition) is 5. The summed E-state index contributed by atoms with van der Waals surface area (Å²) in [5.41, 5.74) is 2.67. The fraction of sp³-hybridized carbons (Fsp3) is 0.500. The fourth-order valence-electron chi connectivity index (χ4n) is 6.41. The van der Waals surface area contributed by atoms with Gasteiger partial charge in [0.1, 0.15) is 11.5 Å². The van der Waals surface area contributed by atoms with Crippen LogP contribution >= 0.6 is 7.82 Å². The molecule has 5 nitrogen and oxygen atoms in total. The third-order valence-electron chi connectivity index (χ3n) is 7.36. The molecule has 6 heteroatoms. The van der Waals surface area contributed by atoms with Gasteiger partial charge in [-0.2, -0.15) is 0 Å². The summed E-state index contributed by atoms with van der Waals surface area (Å²) >= 11 is 0. The Balaban J connectivity index is 1.37. The number of fused-ring (bicyclic) bond motifs is 1. The van der Waals surface area contributed by atoms with Crippen molar-refractivity contribution >= 4 is 24.4 Å². The van der Waals surface area contributed by atoms with Crippen molar-refractivity contribution < 1.29 is 22.9 Å². The van der Waals surface area contributed by atoms with E-state index in [-0.39, 0.29) is 0 Å². The van der Waals surface area contributed by atoms with Gasteiger partial charge in [-0.15, -0.1) is 0 Å². The summed E-state index contributed by atoms with van der Waals surface area (Å²) in [6.07, 6.45) is 6.76. The van der Waals surface area contributed by atoms with E-state index in [1.807, 2.05) is 12.1 Å². The number of ether oxygens (including phenoxy) is 1. The van der Waals surface area contributed by atoms with Gasteiger partial charge in [-0.05, 0) is 90.3 Å². The Morgan fingerprint density at radius 1 is 0.900 bits per heavy atom. The minimum Gasteiger partial charge on any atom is -0.496 e. The van der Waals surface area contributed by atoms with Crippen molar-refractivity contribution in [1.82, 2.24) is 0 Å². The SMILES string of the molecule is COC(=C1C2CC3CC(C2)CC1C3)c1ccc2ccc(OP3(=O)OCCO3)cc2c1. The van der Waals surface area contributed by atoms with E-state index in [4.69, 9.17) is 18.3 Å². The largest absolute Gasteiger partial charge is 0.530 e. The predicted molar refractivity (Wildman–Crippen MR) is 115 cm³/mol. The highest BCUT2D eigenvalue weighted by Gasteiger charge is 2.46. The zero-order valence-electron chi connectivity index (χ0n) is 17.2. The maximum atomic E-state index is 12.4. The lowest BCUT2D eigenvalue weighted by molar-refractivity contribution is 0.0675. The Kier molecular flexibility index (Phi) is 4.49. The topological polar surface area (TPSA) is 54.0 Å². The monoisotopic (exact) mass is 426 g/mol. The second-order valence-corrected chi connectivity index (χ2v) is 10.8. The summed E-state index contributed by atoms with van der Waals surface area (Å²) in [6.45, 7) is 0.591. The molecule has 7 rings (SSSR count). The van der Waals surface area contributed by atoms with Crippen LogP contribution in [0.15, 0.2) is 42.0 Å². The summed E-state index contributed by atoms with van der Waals surface area (Å²) in [4.78, 5) is 0. The van der Waals surface area contributed by atoms with Gasteiger partial charge in [0.05, 0.1) is 20.3 Å². The normalized spacial score (nSPS) is 31.3. The van der Waals surface area contributed by atoms with Gasteiger partial charge in [-0.25, -0.2) is 4.57 Å². The summed E-state index contributed by atoms with van der Waals surface area (Å²) < 4.78 is 34.3. The molecule has 0 unspecified atom stereocenters. The first-order chi connectivity index (χ1) is 14.6. The lowest BCUT2D eigenvalue weighted by atomic mass is 9.54. The van der Waals surface area contributed by atoms with Crippen LogP contribution in [0.1, 0.15) is 37.7 Å². The van der Waals surface area contributed by atoms with E-state index in [1.165, 1.54) is 32.1 Å². The van der Waals surface area contributed by atoms with Gasteiger partial charge >= 0.3 is 7.82 Å². The molecule has 5 fully saturated rings. The average molecular weight is 426 g/mol. The van der Waals surface area contributed by atoms with E-state index in [2.05, 4.69) is 18.2 Å². The molecule has 4 aliphatic carbocycles. The summed E-state index contributed by atoms with van der Waals surface area (Å²) in [6, 6.07) is 12.1. The highest BCUT2D eigenvalue weighted by molar-refractivity contribution is 7.49. The fourth-order valence-corrected chi connectivity index (χ4v) is 7.55. The molecule has 4 saturated carbocycles. The maximum absolute atomic E-state index is 12.4. The van der Waals surface area contributed by atoms with Crippen LogP contribution in [0, 0.1) is 23.7 Å². The molecule has 0 aromatic heterocycles. The van der Waals surface area contributed by atoms with Gasteiger partial charge in [0, 0.05) is 5.56 Å². The Morgan fingerprint density at radius 3 is 2.23 bits per heavy atom. The molecule has 0 N–H and O–H groups in total. The first-order valence-corrected chi connectivity index (χ1v) is 12.5. The van der Waals surface area contributed by atoms with E-state index in [0.29, 0.717) is 30.8 Å². The Bertz CT molecular complexity index is 1030. The van der Waals surface area contributed by atoms with Crippen LogP contribution < -0.4 is 4.52 Å². The summed E-state index contributed by atoms with van der Waals surface area (Å²) in [7, 11) is -1.67. The number of allylic oxidation sites excluding steroid dienone is 1. The molecule has 5 aliphatic rings. The van der Waals surface area contributed by atoms with Gasteiger partial charge in [0.15, 0.2) is 0 Å². The standard InChI is InChI=1S/C24H27O5P/c1-26-24(23-20-9-15-8-16(11-20)12-21(23)10-15)18-3-2-17-4-5-22(14-19(17)13-18)29-30(25)27-6-7-28-30/h2-5,13-16,20-21H,6-12H2,1H3. The minimum atomic E-state index is -3.48. The number of phosphoric ester groups is 1. The van der Waals surface area contributed by atoms with Crippen molar-refractivity contribution in [2.45, 2.75) is 32.1 Å². The summed E-state index contributed by atoms with van der Waals surface area (Å²) in [5.74, 6) is 4.77. The van der Waals surface area contributed by atoms with E-state index in [1.54, 1.807) is 18.7 Å². The van der Waals surface area contributed by atoms with Gasteiger partial charge in [-0.3, -0.25) is 9.05 Å². The van der Waals surface area contributed by atoms with Gasteiger partial charge in [0.25, 0.3) is 0 Å². The highest BCUT2D eigenvalue weighted by Crippen LogP contribution is 2.58. The van der Waals surface area contributed by atoms with Crippen molar-refractivity contribution in [2.75, 3.05) is 20.3 Å². The number of methoxy groups -OCH3 is 1. The molecule has 0 atom stereocenters. The molecule has 4 bridgehead atoms. The first kappa shape index (κ1) is 18.9. The number of phosphoric acid groups is 1.